The van der Waals surface area contributed by atoms with Gasteiger partial charge < -0.3 is 4.74 Å². The molecule has 3 aromatic rings. The van der Waals surface area contributed by atoms with E-state index in [1.165, 1.54) is 11.1 Å². The Morgan fingerprint density at radius 1 is 0.844 bits per heavy atom. The molecule has 1 aliphatic carbocycles. The van der Waals surface area contributed by atoms with Crippen LogP contribution in [0.1, 0.15) is 93.1 Å². The summed E-state index contributed by atoms with van der Waals surface area (Å²) in [5.74, 6) is 2.28. The quantitative estimate of drug-likeness (QED) is 0.408. The van der Waals surface area contributed by atoms with Gasteiger partial charge in [-0.05, 0) is 53.4 Å². The molecule has 0 spiro atoms. The van der Waals surface area contributed by atoms with Gasteiger partial charge in [-0.15, -0.1) is 0 Å². The molecular weight excluding hydrogens is 396 g/mol. The average molecular weight is 433 g/mol. The van der Waals surface area contributed by atoms with Crippen LogP contribution in [0.3, 0.4) is 0 Å². The Balaban J connectivity index is 1.81. The van der Waals surface area contributed by atoms with Crippen molar-refractivity contribution in [2.75, 3.05) is 0 Å². The maximum Gasteiger partial charge on any atom is 0.230 e. The second kappa shape index (κ2) is 5.73. The van der Waals surface area contributed by atoms with Crippen LogP contribution in [0.4, 0.5) is 0 Å². The van der Waals surface area contributed by atoms with E-state index in [4.69, 9.17) is 14.7 Å². The molecule has 0 N–H and O–H groups in total. The minimum atomic E-state index is -0.609. The van der Waals surface area contributed by atoms with Gasteiger partial charge in [0.05, 0.1) is 16.6 Å². The first-order valence-corrected chi connectivity index (χ1v) is 11.6. The van der Waals surface area contributed by atoms with Crippen LogP contribution in [-0.4, -0.2) is 19.5 Å². The van der Waals surface area contributed by atoms with Crippen LogP contribution in [0.25, 0.3) is 22.4 Å². The van der Waals surface area contributed by atoms with Crippen molar-refractivity contribution in [1.82, 2.24) is 19.5 Å². The van der Waals surface area contributed by atoms with Gasteiger partial charge in [0.25, 0.3) is 0 Å². The smallest absolute Gasteiger partial charge is 0.230 e. The van der Waals surface area contributed by atoms with Crippen molar-refractivity contribution >= 4 is 11.0 Å². The van der Waals surface area contributed by atoms with Crippen molar-refractivity contribution in [2.45, 2.75) is 98.1 Å². The van der Waals surface area contributed by atoms with Crippen molar-refractivity contribution in [1.29, 1.82) is 0 Å². The molecule has 0 saturated heterocycles. The van der Waals surface area contributed by atoms with Crippen LogP contribution in [-0.2, 0) is 22.0 Å². The summed E-state index contributed by atoms with van der Waals surface area (Å²) in [5.41, 5.74) is 5.20. The molecule has 5 rings (SSSR count). The molecule has 0 unspecified atom stereocenters. The van der Waals surface area contributed by atoms with Crippen molar-refractivity contribution < 1.29 is 4.74 Å². The molecule has 0 fully saturated rings. The van der Waals surface area contributed by atoms with Gasteiger partial charge in [0, 0.05) is 11.6 Å². The fourth-order valence-corrected chi connectivity index (χ4v) is 5.58. The predicted octanol–water partition coefficient (Wildman–Crippen LogP) is 6.47. The Hall–Kier alpha value is -2.43. The monoisotopic (exact) mass is 432 g/mol. The molecule has 1 aliphatic heterocycles. The van der Waals surface area contributed by atoms with Gasteiger partial charge in [-0.1, -0.05) is 62.3 Å². The standard InChI is InChI=1S/C27H36N4O/c1-23(2,3)22-28-14-15-20-29-18-12-16-17(25(6,7)26(8,9)24(16,4)5)13-19(18)31(20)27(10,11)32-21(15)30-22/h12-14H,1-11H3. The van der Waals surface area contributed by atoms with Crippen LogP contribution < -0.4 is 4.74 Å². The van der Waals surface area contributed by atoms with Crippen LogP contribution >= 0.6 is 0 Å². The minimum absolute atomic E-state index is 0.0348. The van der Waals surface area contributed by atoms with Crippen LogP contribution in [0.5, 0.6) is 5.88 Å². The molecule has 32 heavy (non-hydrogen) atoms. The van der Waals surface area contributed by atoms with Crippen molar-refractivity contribution in [3.8, 4) is 17.3 Å². The lowest BCUT2D eigenvalue weighted by Gasteiger charge is -2.44. The summed E-state index contributed by atoms with van der Waals surface area (Å²) in [4.78, 5) is 14.6. The fraction of sp³-hybridized carbons (Fsp3) is 0.593. The summed E-state index contributed by atoms with van der Waals surface area (Å²) in [6, 6.07) is 4.67. The third-order valence-corrected chi connectivity index (χ3v) is 8.82. The van der Waals surface area contributed by atoms with Crippen molar-refractivity contribution in [3.63, 3.8) is 0 Å². The molecule has 0 radical (unpaired) electrons. The SMILES string of the molecule is CC(C)(C)c1ncc2c(n1)OC(C)(C)n1c-2nc2cc3c(cc21)C(C)(C)C(C)(C)C3(C)C. The maximum atomic E-state index is 6.47. The van der Waals surface area contributed by atoms with E-state index in [1.54, 1.807) is 0 Å². The Morgan fingerprint density at radius 2 is 1.44 bits per heavy atom. The summed E-state index contributed by atoms with van der Waals surface area (Å²) in [5, 5.41) is 0. The highest BCUT2D eigenvalue weighted by atomic mass is 16.5. The molecule has 5 heteroatoms. The first-order valence-electron chi connectivity index (χ1n) is 11.6. The number of ether oxygens (including phenoxy) is 1. The van der Waals surface area contributed by atoms with Gasteiger partial charge in [-0.3, -0.25) is 4.57 Å². The summed E-state index contributed by atoms with van der Waals surface area (Å²) in [6.45, 7) is 24.8. The Kier molecular flexibility index (Phi) is 3.83. The van der Waals surface area contributed by atoms with Crippen LogP contribution in [0.2, 0.25) is 0 Å². The van der Waals surface area contributed by atoms with Crippen LogP contribution in [0.15, 0.2) is 18.3 Å². The van der Waals surface area contributed by atoms with E-state index < -0.39 is 5.72 Å². The number of aromatic nitrogens is 4. The second-order valence-electron chi connectivity index (χ2n) is 12.7. The lowest BCUT2D eigenvalue weighted by Crippen LogP contribution is -2.42. The van der Waals surface area contributed by atoms with E-state index in [2.05, 4.69) is 97.8 Å². The molecule has 2 aliphatic rings. The highest BCUT2D eigenvalue weighted by molar-refractivity contribution is 5.85. The van der Waals surface area contributed by atoms with Crippen LogP contribution in [0, 0.1) is 5.41 Å². The summed E-state index contributed by atoms with van der Waals surface area (Å²) < 4.78 is 8.69. The van der Waals surface area contributed by atoms with E-state index in [0.29, 0.717) is 5.88 Å². The number of imidazole rings is 1. The van der Waals surface area contributed by atoms with Gasteiger partial charge >= 0.3 is 0 Å². The molecule has 0 atom stereocenters. The van der Waals surface area contributed by atoms with Gasteiger partial charge in [-0.25, -0.2) is 9.97 Å². The van der Waals surface area contributed by atoms with E-state index in [9.17, 15) is 0 Å². The van der Waals surface area contributed by atoms with Gasteiger partial charge in [0.1, 0.15) is 5.82 Å². The van der Waals surface area contributed by atoms with Gasteiger partial charge in [0.2, 0.25) is 5.88 Å². The van der Waals surface area contributed by atoms with Crippen molar-refractivity contribution in [3.05, 3.63) is 35.3 Å². The maximum absolute atomic E-state index is 6.47. The summed E-state index contributed by atoms with van der Waals surface area (Å²) >= 11 is 0. The second-order valence-corrected chi connectivity index (χ2v) is 12.7. The number of nitrogens with zero attached hydrogens (tertiary/aromatic N) is 4. The average Bonchev–Trinajstić information content (AvgIpc) is 3.08. The van der Waals surface area contributed by atoms with Crippen molar-refractivity contribution in [2.24, 2.45) is 5.41 Å². The molecule has 0 amide bonds. The predicted molar refractivity (Wildman–Crippen MR) is 129 cm³/mol. The molecule has 1 aromatic carbocycles. The Bertz CT molecular complexity index is 1290. The zero-order chi connectivity index (χ0) is 23.6. The molecule has 170 valence electrons. The first-order chi connectivity index (χ1) is 14.5. The molecule has 0 saturated carbocycles. The number of hydrogen-bond donors (Lipinski definition) is 0. The normalized spacial score (nSPS) is 21.6. The lowest BCUT2D eigenvalue weighted by atomic mass is 9.59. The van der Waals surface area contributed by atoms with Gasteiger partial charge in [-0.2, -0.15) is 4.98 Å². The van der Waals surface area contributed by atoms with E-state index in [-0.39, 0.29) is 21.7 Å². The molecule has 5 nitrogen and oxygen atoms in total. The van der Waals surface area contributed by atoms with E-state index in [1.807, 2.05) is 6.20 Å². The zero-order valence-electron chi connectivity index (χ0n) is 21.4. The third kappa shape index (κ3) is 2.43. The molecule has 2 aromatic heterocycles. The lowest BCUT2D eigenvalue weighted by molar-refractivity contribution is 0.0248. The van der Waals surface area contributed by atoms with Gasteiger partial charge in [0.15, 0.2) is 11.5 Å². The number of benzene rings is 1. The highest BCUT2D eigenvalue weighted by Gasteiger charge is 2.57. The fourth-order valence-electron chi connectivity index (χ4n) is 5.58. The largest absolute Gasteiger partial charge is 0.450 e. The molecular formula is C27H36N4O. The third-order valence-electron chi connectivity index (χ3n) is 8.82. The molecule has 0 bridgehead atoms. The topological polar surface area (TPSA) is 52.8 Å². The molecule has 3 heterocycles. The first kappa shape index (κ1) is 21.4. The summed E-state index contributed by atoms with van der Waals surface area (Å²) in [7, 11) is 0. The van der Waals surface area contributed by atoms with E-state index in [0.717, 1.165) is 28.2 Å². The van der Waals surface area contributed by atoms with E-state index >= 15 is 0 Å². The number of rotatable bonds is 0. The minimum Gasteiger partial charge on any atom is -0.450 e. The summed E-state index contributed by atoms with van der Waals surface area (Å²) in [6.07, 6.45) is 1.88. The Labute approximate surface area is 191 Å². The zero-order valence-corrected chi connectivity index (χ0v) is 21.4. The Morgan fingerprint density at radius 3 is 2.03 bits per heavy atom. The highest BCUT2D eigenvalue weighted by Crippen LogP contribution is 2.62. The number of fused-ring (bicyclic) bond motifs is 6. The number of hydrogen-bond acceptors (Lipinski definition) is 4.